The zero-order valence-corrected chi connectivity index (χ0v) is 15.6. The van der Waals surface area contributed by atoms with Crippen molar-refractivity contribution in [2.24, 2.45) is 17.1 Å². The van der Waals surface area contributed by atoms with Gasteiger partial charge in [-0.1, -0.05) is 19.3 Å². The minimum atomic E-state index is -0.267. The van der Waals surface area contributed by atoms with Crippen LogP contribution in [0.1, 0.15) is 58.3 Å². The highest BCUT2D eigenvalue weighted by Gasteiger charge is 2.56. The molecular formula is C18H33ClN2O3. The Morgan fingerprint density at radius 1 is 1.25 bits per heavy atom. The number of carbonyl (C=O) groups is 1. The van der Waals surface area contributed by atoms with Crippen LogP contribution in [0.2, 0.25) is 0 Å². The first-order chi connectivity index (χ1) is 11.1. The molecule has 5 nitrogen and oxygen atoms in total. The van der Waals surface area contributed by atoms with Gasteiger partial charge >= 0.3 is 0 Å². The number of piperidine rings is 1. The number of amides is 1. The van der Waals surface area contributed by atoms with E-state index in [1.807, 2.05) is 11.8 Å². The number of likely N-dealkylation sites (tertiary alicyclic amines) is 1. The summed E-state index contributed by atoms with van der Waals surface area (Å²) in [6, 6.07) is 0.0198. The molecule has 24 heavy (non-hydrogen) atoms. The summed E-state index contributed by atoms with van der Waals surface area (Å²) in [6.45, 7) is 4.18. The van der Waals surface area contributed by atoms with Crippen LogP contribution in [0.4, 0.5) is 0 Å². The third-order valence-corrected chi connectivity index (χ3v) is 6.50. The average molecular weight is 361 g/mol. The molecular weight excluding hydrogens is 328 g/mol. The quantitative estimate of drug-likeness (QED) is 0.756. The Labute approximate surface area is 151 Å². The molecule has 1 amide bonds. The number of halogens is 1. The molecule has 2 saturated carbocycles. The number of nitrogens with two attached hydrogens (primary N) is 1. The molecule has 2 aliphatic carbocycles. The zero-order chi connectivity index (χ0) is 16.4. The van der Waals surface area contributed by atoms with Gasteiger partial charge in [0.2, 0.25) is 5.91 Å². The third-order valence-electron chi connectivity index (χ3n) is 6.50. The molecule has 140 valence electrons. The maximum Gasteiger partial charge on any atom is 0.227 e. The molecule has 0 aromatic heterocycles. The van der Waals surface area contributed by atoms with Gasteiger partial charge in [0.1, 0.15) is 0 Å². The van der Waals surface area contributed by atoms with Crippen LogP contribution < -0.4 is 5.73 Å². The number of ether oxygens (including phenoxy) is 1. The fourth-order valence-electron chi connectivity index (χ4n) is 4.84. The van der Waals surface area contributed by atoms with Gasteiger partial charge in [-0.15, -0.1) is 12.4 Å². The Morgan fingerprint density at radius 3 is 2.54 bits per heavy atom. The van der Waals surface area contributed by atoms with Crippen molar-refractivity contribution in [3.8, 4) is 0 Å². The summed E-state index contributed by atoms with van der Waals surface area (Å²) in [7, 11) is 0. The lowest BCUT2D eigenvalue weighted by Gasteiger charge is -2.56. The number of hydrogen-bond donors (Lipinski definition) is 2. The van der Waals surface area contributed by atoms with E-state index in [1.54, 1.807) is 0 Å². The minimum absolute atomic E-state index is 0. The molecule has 3 rings (SSSR count). The fourth-order valence-corrected chi connectivity index (χ4v) is 4.84. The molecule has 0 aromatic carbocycles. The second kappa shape index (κ2) is 8.35. The van der Waals surface area contributed by atoms with Crippen LogP contribution in [-0.2, 0) is 9.53 Å². The topological polar surface area (TPSA) is 75.8 Å². The number of hydrogen-bond acceptors (Lipinski definition) is 4. The largest absolute Gasteiger partial charge is 0.392 e. The van der Waals surface area contributed by atoms with Crippen LogP contribution in [0.5, 0.6) is 0 Å². The summed E-state index contributed by atoms with van der Waals surface area (Å²) in [5.74, 6) is 0.247. The van der Waals surface area contributed by atoms with Gasteiger partial charge in [0.15, 0.2) is 0 Å². The van der Waals surface area contributed by atoms with E-state index < -0.39 is 0 Å². The number of aliphatic hydroxyl groups is 1. The molecule has 4 atom stereocenters. The van der Waals surface area contributed by atoms with Crippen LogP contribution in [0.25, 0.3) is 0 Å². The molecule has 3 aliphatic rings. The van der Waals surface area contributed by atoms with E-state index in [0.717, 1.165) is 58.0 Å². The van der Waals surface area contributed by atoms with Gasteiger partial charge in [-0.3, -0.25) is 4.79 Å². The lowest BCUT2D eigenvalue weighted by Crippen LogP contribution is -2.63. The number of aliphatic hydroxyl groups excluding tert-OH is 1. The maximum atomic E-state index is 12.9. The van der Waals surface area contributed by atoms with E-state index in [-0.39, 0.29) is 47.9 Å². The van der Waals surface area contributed by atoms with Crippen molar-refractivity contribution in [1.29, 1.82) is 0 Å². The molecule has 3 fully saturated rings. The van der Waals surface area contributed by atoms with Gasteiger partial charge in [-0.05, 0) is 32.6 Å². The van der Waals surface area contributed by atoms with Gasteiger partial charge in [0, 0.05) is 37.6 Å². The fraction of sp³-hybridized carbons (Fsp3) is 0.944. The first-order valence-electron chi connectivity index (χ1n) is 9.42. The minimum Gasteiger partial charge on any atom is -0.392 e. The van der Waals surface area contributed by atoms with E-state index >= 15 is 0 Å². The molecule has 6 heteroatoms. The summed E-state index contributed by atoms with van der Waals surface area (Å²) < 4.78 is 5.80. The van der Waals surface area contributed by atoms with E-state index in [0.29, 0.717) is 6.61 Å². The van der Waals surface area contributed by atoms with Crippen LogP contribution >= 0.6 is 12.4 Å². The smallest absolute Gasteiger partial charge is 0.227 e. The summed E-state index contributed by atoms with van der Waals surface area (Å²) in [6.07, 6.45) is 7.72. The van der Waals surface area contributed by atoms with Crippen molar-refractivity contribution >= 4 is 18.3 Å². The highest BCUT2D eigenvalue weighted by atomic mass is 35.5. The van der Waals surface area contributed by atoms with Crippen LogP contribution in [0.15, 0.2) is 0 Å². The lowest BCUT2D eigenvalue weighted by molar-refractivity contribution is -0.210. The zero-order valence-electron chi connectivity index (χ0n) is 14.8. The summed E-state index contributed by atoms with van der Waals surface area (Å²) in [5.41, 5.74) is 6.14. The van der Waals surface area contributed by atoms with E-state index in [2.05, 4.69) is 0 Å². The first-order valence-corrected chi connectivity index (χ1v) is 9.42. The highest BCUT2D eigenvalue weighted by molar-refractivity contribution is 5.85. The molecule has 1 heterocycles. The normalized spacial score (nSPS) is 35.7. The van der Waals surface area contributed by atoms with Gasteiger partial charge < -0.3 is 20.5 Å². The maximum absolute atomic E-state index is 12.9. The Morgan fingerprint density at radius 2 is 1.92 bits per heavy atom. The van der Waals surface area contributed by atoms with Crippen molar-refractivity contribution in [3.63, 3.8) is 0 Å². The second-order valence-corrected chi connectivity index (χ2v) is 7.66. The SMILES string of the molecule is CCOC1CC(O)C12CCN(C(=O)C1CCCCCC1N)CC2.Cl. The molecule has 4 unspecified atom stereocenters. The number of rotatable bonds is 3. The predicted molar refractivity (Wildman–Crippen MR) is 96.1 cm³/mol. The first kappa shape index (κ1) is 20.0. The Balaban J connectivity index is 0.00000208. The molecule has 0 bridgehead atoms. The van der Waals surface area contributed by atoms with Gasteiger partial charge in [0.25, 0.3) is 0 Å². The second-order valence-electron chi connectivity index (χ2n) is 7.66. The molecule has 3 N–H and O–H groups in total. The van der Waals surface area contributed by atoms with Crippen molar-refractivity contribution in [2.45, 2.75) is 76.5 Å². The summed E-state index contributed by atoms with van der Waals surface area (Å²) >= 11 is 0. The van der Waals surface area contributed by atoms with Crippen LogP contribution in [0.3, 0.4) is 0 Å². The summed E-state index contributed by atoms with van der Waals surface area (Å²) in [5, 5.41) is 10.3. The Bertz CT molecular complexity index is 424. The third kappa shape index (κ3) is 3.59. The molecule has 1 aliphatic heterocycles. The van der Waals surface area contributed by atoms with Gasteiger partial charge in [0.05, 0.1) is 18.1 Å². The summed E-state index contributed by atoms with van der Waals surface area (Å²) in [4.78, 5) is 14.9. The standard InChI is InChI=1S/C18H32N2O3.ClH/c1-2-23-16-12-15(21)18(16)8-10-20(11-9-18)17(22)13-6-4-3-5-7-14(13)19;/h13-16,21H,2-12,19H2,1H3;1H. The Hall–Kier alpha value is -0.360. The monoisotopic (exact) mass is 360 g/mol. The highest BCUT2D eigenvalue weighted by Crippen LogP contribution is 2.51. The van der Waals surface area contributed by atoms with E-state index in [9.17, 15) is 9.90 Å². The predicted octanol–water partition coefficient (Wildman–Crippen LogP) is 2.09. The van der Waals surface area contributed by atoms with Gasteiger partial charge in [-0.2, -0.15) is 0 Å². The van der Waals surface area contributed by atoms with E-state index in [1.165, 1.54) is 6.42 Å². The lowest BCUT2D eigenvalue weighted by atomic mass is 9.58. The molecule has 1 spiro atoms. The number of carbonyl (C=O) groups excluding carboxylic acids is 1. The number of nitrogens with zero attached hydrogens (tertiary/aromatic N) is 1. The van der Waals surface area contributed by atoms with Crippen molar-refractivity contribution in [1.82, 2.24) is 4.90 Å². The van der Waals surface area contributed by atoms with Crippen molar-refractivity contribution in [3.05, 3.63) is 0 Å². The van der Waals surface area contributed by atoms with E-state index in [4.69, 9.17) is 10.5 Å². The van der Waals surface area contributed by atoms with Gasteiger partial charge in [-0.25, -0.2) is 0 Å². The molecule has 0 radical (unpaired) electrons. The molecule has 1 saturated heterocycles. The van der Waals surface area contributed by atoms with Crippen LogP contribution in [0, 0.1) is 11.3 Å². The molecule has 0 aromatic rings. The Kier molecular flexibility index (Phi) is 6.94. The van der Waals surface area contributed by atoms with Crippen LogP contribution in [-0.4, -0.2) is 53.9 Å². The van der Waals surface area contributed by atoms with Crippen molar-refractivity contribution in [2.75, 3.05) is 19.7 Å². The average Bonchev–Trinajstić information content (AvgIpc) is 2.78. The van der Waals surface area contributed by atoms with Crippen molar-refractivity contribution < 1.29 is 14.6 Å².